The van der Waals surface area contributed by atoms with Crippen molar-refractivity contribution in [2.75, 3.05) is 25.1 Å². The van der Waals surface area contributed by atoms with Crippen LogP contribution in [0.2, 0.25) is 0 Å². The molecule has 0 aliphatic carbocycles. The van der Waals surface area contributed by atoms with E-state index in [-0.39, 0.29) is 0 Å². The molecule has 18 heavy (non-hydrogen) atoms. The largest absolute Gasteiger partial charge is 0.381 e. The average Bonchev–Trinajstić information content (AvgIpc) is 2.82. The molecule has 0 atom stereocenters. The van der Waals surface area contributed by atoms with Gasteiger partial charge in [0.05, 0.1) is 0 Å². The van der Waals surface area contributed by atoms with E-state index in [2.05, 4.69) is 15.4 Å². The fraction of sp³-hybridized carbons (Fsp3) is 0.538. The molecule has 0 unspecified atom stereocenters. The fourth-order valence-corrected chi connectivity index (χ4v) is 2.30. The summed E-state index contributed by atoms with van der Waals surface area (Å²) in [6.45, 7) is 4.72. The van der Waals surface area contributed by atoms with Gasteiger partial charge in [-0.2, -0.15) is 4.98 Å². The molecular formula is C13H18N4O. The first-order valence-electron chi connectivity index (χ1n) is 6.47. The minimum absolute atomic E-state index is 0.673. The number of pyridine rings is 1. The molecule has 3 rings (SSSR count). The predicted octanol–water partition coefficient (Wildman–Crippen LogP) is 1.88. The number of hydrogen-bond acceptors (Lipinski definition) is 4. The summed E-state index contributed by atoms with van der Waals surface area (Å²) in [7, 11) is 0. The molecule has 2 aromatic heterocycles. The Morgan fingerprint density at radius 2 is 2.22 bits per heavy atom. The zero-order valence-electron chi connectivity index (χ0n) is 10.6. The Balaban J connectivity index is 1.69. The first-order chi connectivity index (χ1) is 8.83. The molecule has 1 fully saturated rings. The number of anilines is 1. The maximum atomic E-state index is 5.35. The molecule has 3 heterocycles. The summed E-state index contributed by atoms with van der Waals surface area (Å²) in [6, 6.07) is 6.01. The van der Waals surface area contributed by atoms with Gasteiger partial charge in [-0.25, -0.2) is 4.52 Å². The molecule has 1 saturated heterocycles. The number of nitrogens with zero attached hydrogens (tertiary/aromatic N) is 3. The van der Waals surface area contributed by atoms with E-state index in [4.69, 9.17) is 4.74 Å². The lowest BCUT2D eigenvalue weighted by Gasteiger charge is -2.21. The van der Waals surface area contributed by atoms with Gasteiger partial charge in [-0.3, -0.25) is 0 Å². The van der Waals surface area contributed by atoms with Crippen molar-refractivity contribution in [1.29, 1.82) is 0 Å². The Bertz CT molecular complexity index is 531. The SMILES string of the molecule is Cc1cccc2nc(NCC3CCOCC3)nn12. The number of rotatable bonds is 3. The number of hydrogen-bond donors (Lipinski definition) is 1. The number of aromatic nitrogens is 3. The van der Waals surface area contributed by atoms with Crippen LogP contribution in [0.25, 0.3) is 5.65 Å². The van der Waals surface area contributed by atoms with Crippen LogP contribution in [0.3, 0.4) is 0 Å². The highest BCUT2D eigenvalue weighted by molar-refractivity contribution is 5.44. The van der Waals surface area contributed by atoms with E-state index < -0.39 is 0 Å². The molecular weight excluding hydrogens is 228 g/mol. The van der Waals surface area contributed by atoms with Crippen molar-refractivity contribution in [3.63, 3.8) is 0 Å². The predicted molar refractivity (Wildman–Crippen MR) is 69.8 cm³/mol. The molecule has 0 spiro atoms. The quantitative estimate of drug-likeness (QED) is 0.898. The molecule has 5 nitrogen and oxygen atoms in total. The van der Waals surface area contributed by atoms with E-state index in [1.165, 1.54) is 0 Å². The monoisotopic (exact) mass is 246 g/mol. The Morgan fingerprint density at radius 1 is 1.39 bits per heavy atom. The van der Waals surface area contributed by atoms with Gasteiger partial charge >= 0.3 is 0 Å². The molecule has 0 saturated carbocycles. The van der Waals surface area contributed by atoms with Gasteiger partial charge in [0.2, 0.25) is 5.95 Å². The lowest BCUT2D eigenvalue weighted by Crippen LogP contribution is -2.23. The Labute approximate surface area is 106 Å². The summed E-state index contributed by atoms with van der Waals surface area (Å²) in [4.78, 5) is 4.47. The number of aryl methyl sites for hydroxylation is 1. The van der Waals surface area contributed by atoms with E-state index in [9.17, 15) is 0 Å². The number of fused-ring (bicyclic) bond motifs is 1. The van der Waals surface area contributed by atoms with Crippen molar-refractivity contribution in [2.24, 2.45) is 5.92 Å². The molecule has 1 aliphatic rings. The van der Waals surface area contributed by atoms with Crippen LogP contribution in [0, 0.1) is 12.8 Å². The molecule has 0 radical (unpaired) electrons. The van der Waals surface area contributed by atoms with Crippen molar-refractivity contribution >= 4 is 11.6 Å². The molecule has 1 N–H and O–H groups in total. The summed E-state index contributed by atoms with van der Waals surface area (Å²) in [5.74, 6) is 1.39. The fourth-order valence-electron chi connectivity index (χ4n) is 2.30. The third-order valence-electron chi connectivity index (χ3n) is 3.44. The Morgan fingerprint density at radius 3 is 3.00 bits per heavy atom. The molecule has 2 aromatic rings. The van der Waals surface area contributed by atoms with Crippen LogP contribution in [-0.2, 0) is 4.74 Å². The Kier molecular flexibility index (Phi) is 3.15. The number of ether oxygens (including phenoxy) is 1. The zero-order valence-corrected chi connectivity index (χ0v) is 10.6. The van der Waals surface area contributed by atoms with Gasteiger partial charge in [0, 0.05) is 25.5 Å². The van der Waals surface area contributed by atoms with Gasteiger partial charge in [0.15, 0.2) is 5.65 Å². The minimum Gasteiger partial charge on any atom is -0.381 e. The summed E-state index contributed by atoms with van der Waals surface area (Å²) in [5, 5.41) is 7.79. The van der Waals surface area contributed by atoms with Gasteiger partial charge in [0.1, 0.15) is 0 Å². The van der Waals surface area contributed by atoms with Crippen LogP contribution >= 0.6 is 0 Å². The summed E-state index contributed by atoms with van der Waals surface area (Å²) < 4.78 is 7.22. The normalized spacial score (nSPS) is 17.2. The van der Waals surface area contributed by atoms with E-state index >= 15 is 0 Å². The summed E-state index contributed by atoms with van der Waals surface area (Å²) >= 11 is 0. The summed E-state index contributed by atoms with van der Waals surface area (Å²) in [6.07, 6.45) is 2.25. The molecule has 0 amide bonds. The topological polar surface area (TPSA) is 51.5 Å². The maximum absolute atomic E-state index is 5.35. The second kappa shape index (κ2) is 4.94. The van der Waals surface area contributed by atoms with Crippen LogP contribution in [-0.4, -0.2) is 34.4 Å². The highest BCUT2D eigenvalue weighted by Crippen LogP contribution is 2.15. The van der Waals surface area contributed by atoms with Crippen LogP contribution in [0.5, 0.6) is 0 Å². The maximum Gasteiger partial charge on any atom is 0.243 e. The molecule has 0 aromatic carbocycles. The van der Waals surface area contributed by atoms with Crippen molar-refractivity contribution in [2.45, 2.75) is 19.8 Å². The van der Waals surface area contributed by atoms with Crippen molar-refractivity contribution in [3.8, 4) is 0 Å². The van der Waals surface area contributed by atoms with Gasteiger partial charge < -0.3 is 10.1 Å². The van der Waals surface area contributed by atoms with Crippen molar-refractivity contribution in [1.82, 2.24) is 14.6 Å². The second-order valence-corrected chi connectivity index (χ2v) is 4.81. The first kappa shape index (κ1) is 11.5. The highest BCUT2D eigenvalue weighted by atomic mass is 16.5. The standard InChI is InChI=1S/C13H18N4O/c1-10-3-2-4-12-15-13(16-17(10)12)14-9-11-5-7-18-8-6-11/h2-4,11H,5-9H2,1H3,(H,14,16). The van der Waals surface area contributed by atoms with Gasteiger partial charge in [0.25, 0.3) is 0 Å². The van der Waals surface area contributed by atoms with E-state index in [1.807, 2.05) is 29.6 Å². The number of nitrogens with one attached hydrogen (secondary N) is 1. The van der Waals surface area contributed by atoms with E-state index in [0.717, 1.165) is 49.9 Å². The van der Waals surface area contributed by atoms with Gasteiger partial charge in [-0.15, -0.1) is 5.10 Å². The van der Waals surface area contributed by atoms with E-state index in [0.29, 0.717) is 5.92 Å². The molecule has 96 valence electrons. The second-order valence-electron chi connectivity index (χ2n) is 4.81. The zero-order chi connectivity index (χ0) is 12.4. The van der Waals surface area contributed by atoms with Crippen LogP contribution in [0.15, 0.2) is 18.2 Å². The Hall–Kier alpha value is -1.62. The summed E-state index contributed by atoms with van der Waals surface area (Å²) in [5.41, 5.74) is 1.99. The smallest absolute Gasteiger partial charge is 0.243 e. The molecule has 0 bridgehead atoms. The van der Waals surface area contributed by atoms with E-state index in [1.54, 1.807) is 0 Å². The van der Waals surface area contributed by atoms with Crippen LogP contribution < -0.4 is 5.32 Å². The van der Waals surface area contributed by atoms with Crippen molar-refractivity contribution < 1.29 is 4.74 Å². The van der Waals surface area contributed by atoms with Crippen molar-refractivity contribution in [3.05, 3.63) is 23.9 Å². The van der Waals surface area contributed by atoms with Gasteiger partial charge in [-0.1, -0.05) is 6.07 Å². The first-order valence-corrected chi connectivity index (χ1v) is 6.47. The lowest BCUT2D eigenvalue weighted by molar-refractivity contribution is 0.0699. The third-order valence-corrected chi connectivity index (χ3v) is 3.44. The van der Waals surface area contributed by atoms with Gasteiger partial charge in [-0.05, 0) is 37.8 Å². The average molecular weight is 246 g/mol. The third kappa shape index (κ3) is 2.31. The minimum atomic E-state index is 0.673. The van der Waals surface area contributed by atoms with Crippen LogP contribution in [0.4, 0.5) is 5.95 Å². The molecule has 5 heteroatoms. The van der Waals surface area contributed by atoms with Crippen LogP contribution in [0.1, 0.15) is 18.5 Å². The lowest BCUT2D eigenvalue weighted by atomic mass is 10.0. The highest BCUT2D eigenvalue weighted by Gasteiger charge is 2.14. The molecule has 1 aliphatic heterocycles.